The van der Waals surface area contributed by atoms with Gasteiger partial charge < -0.3 is 5.32 Å². The van der Waals surface area contributed by atoms with Gasteiger partial charge in [-0.1, -0.05) is 6.07 Å². The second kappa shape index (κ2) is 5.97. The summed E-state index contributed by atoms with van der Waals surface area (Å²) >= 11 is 1.47. The lowest BCUT2D eigenvalue weighted by atomic mass is 10.0. The summed E-state index contributed by atoms with van der Waals surface area (Å²) in [6.07, 6.45) is 0. The van der Waals surface area contributed by atoms with Crippen LogP contribution >= 0.6 is 11.3 Å². The summed E-state index contributed by atoms with van der Waals surface area (Å²) in [6, 6.07) is 3.46. The Morgan fingerprint density at radius 3 is 2.20 bits per heavy atom. The fourth-order valence-corrected chi connectivity index (χ4v) is 3.01. The number of rotatable bonds is 4. The molecule has 5 heteroatoms. The third kappa shape index (κ3) is 3.04. The zero-order chi connectivity index (χ0) is 14.9. The molecule has 1 unspecified atom stereocenters. The minimum absolute atomic E-state index is 0.0370. The van der Waals surface area contributed by atoms with Crippen LogP contribution in [-0.2, 0) is 0 Å². The van der Waals surface area contributed by atoms with Gasteiger partial charge in [0.25, 0.3) is 0 Å². The van der Waals surface area contributed by atoms with Gasteiger partial charge in [0.15, 0.2) is 0 Å². The van der Waals surface area contributed by atoms with E-state index >= 15 is 0 Å². The fraction of sp³-hybridized carbons (Fsp3) is 0.400. The molecule has 0 saturated heterocycles. The summed E-state index contributed by atoms with van der Waals surface area (Å²) in [5.41, 5.74) is 0.937. The number of aryl methyl sites for hydroxylation is 2. The first-order chi connectivity index (χ1) is 9.40. The zero-order valence-corrected chi connectivity index (χ0v) is 12.8. The third-order valence-electron chi connectivity index (χ3n) is 3.08. The predicted octanol–water partition coefficient (Wildman–Crippen LogP) is 4.13. The first-order valence-corrected chi connectivity index (χ1v) is 7.35. The van der Waals surface area contributed by atoms with Crippen LogP contribution in [0.15, 0.2) is 18.2 Å². The topological polar surface area (TPSA) is 24.9 Å². The molecule has 1 aromatic heterocycles. The molecule has 1 atom stereocenters. The van der Waals surface area contributed by atoms with Crippen molar-refractivity contribution in [3.05, 3.63) is 51.0 Å². The average Bonchev–Trinajstić information content (AvgIpc) is 2.67. The minimum atomic E-state index is -0.561. The lowest BCUT2D eigenvalue weighted by Crippen LogP contribution is -2.30. The second-order valence-electron chi connectivity index (χ2n) is 5.08. The Bertz CT molecular complexity index is 568. The van der Waals surface area contributed by atoms with E-state index in [0.717, 1.165) is 10.6 Å². The Labute approximate surface area is 121 Å². The Kier molecular flexibility index (Phi) is 4.50. The van der Waals surface area contributed by atoms with E-state index in [0.29, 0.717) is 5.01 Å². The fourth-order valence-electron chi connectivity index (χ4n) is 2.02. The van der Waals surface area contributed by atoms with E-state index in [1.165, 1.54) is 29.5 Å². The van der Waals surface area contributed by atoms with Gasteiger partial charge in [-0.05, 0) is 39.8 Å². The molecular weight excluding hydrogens is 278 g/mol. The normalized spacial score (nSPS) is 12.9. The molecule has 1 aromatic carbocycles. The number of aromatic nitrogens is 1. The van der Waals surface area contributed by atoms with E-state index in [1.807, 2.05) is 27.7 Å². The molecule has 108 valence electrons. The van der Waals surface area contributed by atoms with Crippen molar-refractivity contribution in [2.45, 2.75) is 39.8 Å². The van der Waals surface area contributed by atoms with Crippen LogP contribution in [0, 0.1) is 25.5 Å². The maximum absolute atomic E-state index is 14.0. The molecule has 1 N–H and O–H groups in total. The standard InChI is InChI=1S/C15H18F2N2S/c1-8(2)18-14(15-19-9(3)10(4)20-15)13-11(16)6-5-7-12(13)17/h5-8,14,18H,1-4H3. The van der Waals surface area contributed by atoms with E-state index in [2.05, 4.69) is 10.3 Å². The maximum Gasteiger partial charge on any atom is 0.131 e. The van der Waals surface area contributed by atoms with Crippen LogP contribution in [0.1, 0.15) is 41.0 Å². The van der Waals surface area contributed by atoms with Crippen molar-refractivity contribution in [1.29, 1.82) is 0 Å². The Balaban J connectivity index is 2.52. The second-order valence-corrected chi connectivity index (χ2v) is 6.32. The van der Waals surface area contributed by atoms with Crippen molar-refractivity contribution in [3.8, 4) is 0 Å². The van der Waals surface area contributed by atoms with Crippen molar-refractivity contribution in [2.75, 3.05) is 0 Å². The van der Waals surface area contributed by atoms with Crippen LogP contribution in [0.2, 0.25) is 0 Å². The number of hydrogen-bond acceptors (Lipinski definition) is 3. The van der Waals surface area contributed by atoms with Gasteiger partial charge in [-0.3, -0.25) is 0 Å². The summed E-state index contributed by atoms with van der Waals surface area (Å²) in [5.74, 6) is -1.10. The zero-order valence-electron chi connectivity index (χ0n) is 12.0. The number of nitrogens with one attached hydrogen (secondary N) is 1. The van der Waals surface area contributed by atoms with Crippen molar-refractivity contribution >= 4 is 11.3 Å². The first kappa shape index (κ1) is 15.1. The highest BCUT2D eigenvalue weighted by atomic mass is 32.1. The molecule has 0 aliphatic carbocycles. The summed E-state index contributed by atoms with van der Waals surface area (Å²) in [4.78, 5) is 5.51. The Hall–Kier alpha value is -1.33. The monoisotopic (exact) mass is 296 g/mol. The molecule has 0 aliphatic heterocycles. The average molecular weight is 296 g/mol. The number of thiazole rings is 1. The van der Waals surface area contributed by atoms with Gasteiger partial charge in [-0.25, -0.2) is 13.8 Å². The molecule has 0 radical (unpaired) electrons. The Morgan fingerprint density at radius 2 is 1.75 bits per heavy atom. The van der Waals surface area contributed by atoms with Crippen LogP contribution < -0.4 is 5.32 Å². The summed E-state index contributed by atoms with van der Waals surface area (Å²) in [6.45, 7) is 7.75. The van der Waals surface area contributed by atoms with E-state index in [9.17, 15) is 8.78 Å². The number of benzene rings is 1. The molecule has 0 bridgehead atoms. The van der Waals surface area contributed by atoms with Crippen molar-refractivity contribution in [3.63, 3.8) is 0 Å². The van der Waals surface area contributed by atoms with Crippen molar-refractivity contribution < 1.29 is 8.78 Å². The lowest BCUT2D eigenvalue weighted by Gasteiger charge is -2.20. The molecule has 1 heterocycles. The van der Waals surface area contributed by atoms with Gasteiger partial charge >= 0.3 is 0 Å². The SMILES string of the molecule is Cc1nc(C(NC(C)C)c2c(F)cccc2F)sc1C. The molecule has 2 rings (SSSR count). The molecule has 20 heavy (non-hydrogen) atoms. The highest BCUT2D eigenvalue weighted by molar-refractivity contribution is 7.11. The number of nitrogens with zero attached hydrogens (tertiary/aromatic N) is 1. The van der Waals surface area contributed by atoms with Gasteiger partial charge in [0.05, 0.1) is 11.7 Å². The molecule has 2 nitrogen and oxygen atoms in total. The van der Waals surface area contributed by atoms with Crippen LogP contribution in [0.3, 0.4) is 0 Å². The first-order valence-electron chi connectivity index (χ1n) is 6.54. The molecule has 0 spiro atoms. The molecule has 0 amide bonds. The smallest absolute Gasteiger partial charge is 0.131 e. The van der Waals surface area contributed by atoms with Gasteiger partial charge in [0.2, 0.25) is 0 Å². The molecule has 2 aromatic rings. The van der Waals surface area contributed by atoms with E-state index < -0.39 is 17.7 Å². The highest BCUT2D eigenvalue weighted by Crippen LogP contribution is 2.31. The molecule has 0 saturated carbocycles. The quantitative estimate of drug-likeness (QED) is 0.918. The maximum atomic E-state index is 14.0. The van der Waals surface area contributed by atoms with Crippen molar-refractivity contribution in [2.24, 2.45) is 0 Å². The van der Waals surface area contributed by atoms with Crippen LogP contribution in [-0.4, -0.2) is 11.0 Å². The lowest BCUT2D eigenvalue weighted by molar-refractivity contribution is 0.473. The van der Waals surface area contributed by atoms with Crippen LogP contribution in [0.4, 0.5) is 8.78 Å². The number of hydrogen-bond donors (Lipinski definition) is 1. The van der Waals surface area contributed by atoms with E-state index in [1.54, 1.807) is 0 Å². The minimum Gasteiger partial charge on any atom is -0.302 e. The van der Waals surface area contributed by atoms with Crippen molar-refractivity contribution in [1.82, 2.24) is 10.3 Å². The van der Waals surface area contributed by atoms with Gasteiger partial charge in [0.1, 0.15) is 16.6 Å². The summed E-state index contributed by atoms with van der Waals surface area (Å²) < 4.78 is 28.1. The summed E-state index contributed by atoms with van der Waals surface area (Å²) in [7, 11) is 0. The van der Waals surface area contributed by atoms with E-state index in [4.69, 9.17) is 0 Å². The van der Waals surface area contributed by atoms with Gasteiger partial charge in [0, 0.05) is 16.5 Å². The number of halogens is 2. The van der Waals surface area contributed by atoms with Gasteiger partial charge in [-0.15, -0.1) is 11.3 Å². The largest absolute Gasteiger partial charge is 0.302 e. The Morgan fingerprint density at radius 1 is 1.15 bits per heavy atom. The third-order valence-corrected chi connectivity index (χ3v) is 4.22. The van der Waals surface area contributed by atoms with Crippen LogP contribution in [0.5, 0.6) is 0 Å². The summed E-state index contributed by atoms with van der Waals surface area (Å²) in [5, 5.41) is 3.89. The molecular formula is C15H18F2N2S. The van der Waals surface area contributed by atoms with E-state index in [-0.39, 0.29) is 11.6 Å². The molecule has 0 fully saturated rings. The molecule has 0 aliphatic rings. The van der Waals surface area contributed by atoms with Gasteiger partial charge in [-0.2, -0.15) is 0 Å². The highest BCUT2D eigenvalue weighted by Gasteiger charge is 2.25. The predicted molar refractivity (Wildman–Crippen MR) is 78.1 cm³/mol. The van der Waals surface area contributed by atoms with Crippen LogP contribution in [0.25, 0.3) is 0 Å².